The first-order valence-electron chi connectivity index (χ1n) is 8.76. The Labute approximate surface area is 156 Å². The van der Waals surface area contributed by atoms with Crippen molar-refractivity contribution >= 4 is 33.6 Å². The zero-order valence-electron chi connectivity index (χ0n) is 14.8. The number of aryl methyl sites for hydroxylation is 1. The number of rotatable bonds is 3. The molecule has 0 radical (unpaired) electrons. The fraction of sp³-hybridized carbons (Fsp3) is 0.0909. The fourth-order valence-corrected chi connectivity index (χ4v) is 3.38. The third kappa shape index (κ3) is 2.83. The van der Waals surface area contributed by atoms with Crippen LogP contribution in [0.5, 0.6) is 11.5 Å². The number of benzene rings is 3. The second-order valence-corrected chi connectivity index (χ2v) is 6.47. The number of anilines is 1. The van der Waals surface area contributed by atoms with E-state index < -0.39 is 0 Å². The Morgan fingerprint density at radius 3 is 2.70 bits per heavy atom. The second-order valence-electron chi connectivity index (χ2n) is 6.47. The molecule has 1 aromatic heterocycles. The smallest absolute Gasteiger partial charge is 0.231 e. The monoisotopic (exact) mass is 355 g/mol. The van der Waals surface area contributed by atoms with E-state index in [9.17, 15) is 0 Å². The van der Waals surface area contributed by atoms with E-state index in [2.05, 4.69) is 39.8 Å². The summed E-state index contributed by atoms with van der Waals surface area (Å²) in [5.41, 5.74) is 6.87. The lowest BCUT2D eigenvalue weighted by atomic mass is 10.1. The lowest BCUT2D eigenvalue weighted by Gasteiger charge is -2.08. The number of nitrogens with one attached hydrogen (secondary N) is 1. The van der Waals surface area contributed by atoms with Crippen LogP contribution in [0.4, 0.5) is 5.69 Å². The minimum absolute atomic E-state index is 0.243. The molecular weight excluding hydrogens is 338 g/mol. The van der Waals surface area contributed by atoms with Crippen molar-refractivity contribution in [2.24, 2.45) is 5.10 Å². The van der Waals surface area contributed by atoms with Gasteiger partial charge in [-0.25, -0.2) is 0 Å². The molecule has 2 heterocycles. The molecule has 3 aromatic carbocycles. The van der Waals surface area contributed by atoms with Crippen LogP contribution < -0.4 is 14.9 Å². The Kier molecular flexibility index (Phi) is 3.64. The van der Waals surface area contributed by atoms with Crippen molar-refractivity contribution < 1.29 is 9.47 Å². The zero-order valence-corrected chi connectivity index (χ0v) is 14.8. The zero-order chi connectivity index (χ0) is 18.2. The van der Waals surface area contributed by atoms with Gasteiger partial charge in [0.2, 0.25) is 6.79 Å². The Morgan fingerprint density at radius 1 is 0.963 bits per heavy atom. The summed E-state index contributed by atoms with van der Waals surface area (Å²) >= 11 is 0. The molecule has 0 spiro atoms. The molecule has 0 aliphatic carbocycles. The van der Waals surface area contributed by atoms with Crippen molar-refractivity contribution in [2.45, 2.75) is 6.92 Å². The molecule has 0 unspecified atom stereocenters. The fourth-order valence-electron chi connectivity index (χ4n) is 3.38. The Bertz CT molecular complexity index is 1200. The van der Waals surface area contributed by atoms with Gasteiger partial charge in [0.1, 0.15) is 0 Å². The van der Waals surface area contributed by atoms with Gasteiger partial charge in [-0.3, -0.25) is 10.4 Å². The average Bonchev–Trinajstić information content (AvgIpc) is 3.14. The van der Waals surface area contributed by atoms with Crippen molar-refractivity contribution in [3.8, 4) is 11.5 Å². The van der Waals surface area contributed by atoms with Gasteiger partial charge in [-0.15, -0.1) is 0 Å². The molecule has 5 nitrogen and oxygen atoms in total. The summed E-state index contributed by atoms with van der Waals surface area (Å²) in [7, 11) is 0. The minimum atomic E-state index is 0.243. The summed E-state index contributed by atoms with van der Waals surface area (Å²) in [6.07, 6.45) is 1.84. The second kappa shape index (κ2) is 6.29. The molecule has 0 fully saturated rings. The predicted molar refractivity (Wildman–Crippen MR) is 108 cm³/mol. The lowest BCUT2D eigenvalue weighted by molar-refractivity contribution is 0.174. The highest BCUT2D eigenvalue weighted by molar-refractivity contribution is 6.00. The van der Waals surface area contributed by atoms with Gasteiger partial charge in [-0.05, 0) is 29.8 Å². The van der Waals surface area contributed by atoms with Crippen LogP contribution in [0.1, 0.15) is 11.3 Å². The van der Waals surface area contributed by atoms with Gasteiger partial charge in [-0.2, -0.15) is 5.10 Å². The molecule has 0 amide bonds. The van der Waals surface area contributed by atoms with E-state index in [1.807, 2.05) is 49.5 Å². The van der Waals surface area contributed by atoms with E-state index in [4.69, 9.17) is 9.47 Å². The van der Waals surface area contributed by atoms with E-state index in [-0.39, 0.29) is 6.79 Å². The third-order valence-corrected chi connectivity index (χ3v) is 4.64. The number of hydrogen-bond acceptors (Lipinski definition) is 5. The maximum absolute atomic E-state index is 5.50. The largest absolute Gasteiger partial charge is 0.454 e. The van der Waals surface area contributed by atoms with Gasteiger partial charge in [0.25, 0.3) is 0 Å². The molecule has 4 aromatic rings. The van der Waals surface area contributed by atoms with Crippen LogP contribution in [0, 0.1) is 6.92 Å². The molecule has 1 aliphatic rings. The summed E-state index contributed by atoms with van der Waals surface area (Å²) in [4.78, 5) is 4.59. The average molecular weight is 355 g/mol. The van der Waals surface area contributed by atoms with Gasteiger partial charge in [0, 0.05) is 22.7 Å². The Hall–Kier alpha value is -3.60. The molecule has 0 saturated carbocycles. The molecule has 132 valence electrons. The summed E-state index contributed by atoms with van der Waals surface area (Å²) in [6, 6.07) is 20.3. The van der Waals surface area contributed by atoms with Crippen LogP contribution in [-0.4, -0.2) is 18.0 Å². The first kappa shape index (κ1) is 15.6. The molecule has 5 rings (SSSR count). The highest BCUT2D eigenvalue weighted by atomic mass is 16.7. The molecule has 0 atom stereocenters. The molecule has 0 bridgehead atoms. The van der Waals surface area contributed by atoms with Crippen molar-refractivity contribution in [3.05, 3.63) is 71.9 Å². The van der Waals surface area contributed by atoms with E-state index in [1.54, 1.807) is 0 Å². The SMILES string of the molecule is Cc1cc(NN=Cc2cccc3ccccc23)c2cc3c(cc2n1)OCO3. The van der Waals surface area contributed by atoms with Gasteiger partial charge in [-0.1, -0.05) is 42.5 Å². The Balaban J connectivity index is 1.52. The van der Waals surface area contributed by atoms with Crippen molar-refractivity contribution in [1.82, 2.24) is 4.98 Å². The molecule has 1 N–H and O–H groups in total. The Morgan fingerprint density at radius 2 is 1.78 bits per heavy atom. The number of ether oxygens (including phenoxy) is 2. The third-order valence-electron chi connectivity index (χ3n) is 4.64. The predicted octanol–water partition coefficient (Wildman–Crippen LogP) is 4.87. The molecule has 27 heavy (non-hydrogen) atoms. The van der Waals surface area contributed by atoms with Crippen LogP contribution in [0.15, 0.2) is 65.8 Å². The van der Waals surface area contributed by atoms with E-state index in [1.165, 1.54) is 10.8 Å². The van der Waals surface area contributed by atoms with Gasteiger partial charge >= 0.3 is 0 Å². The van der Waals surface area contributed by atoms with E-state index >= 15 is 0 Å². The van der Waals surface area contributed by atoms with Crippen LogP contribution in [-0.2, 0) is 0 Å². The van der Waals surface area contributed by atoms with Crippen molar-refractivity contribution in [1.29, 1.82) is 0 Å². The van der Waals surface area contributed by atoms with Crippen LogP contribution in [0.25, 0.3) is 21.7 Å². The number of nitrogens with zero attached hydrogens (tertiary/aromatic N) is 2. The number of fused-ring (bicyclic) bond motifs is 3. The number of pyridine rings is 1. The first-order chi connectivity index (χ1) is 13.3. The molecule has 1 aliphatic heterocycles. The summed E-state index contributed by atoms with van der Waals surface area (Å²) in [5, 5.41) is 7.78. The summed E-state index contributed by atoms with van der Waals surface area (Å²) in [6.45, 7) is 2.20. The van der Waals surface area contributed by atoms with Crippen LogP contribution >= 0.6 is 0 Å². The number of aromatic nitrogens is 1. The minimum Gasteiger partial charge on any atom is -0.454 e. The quantitative estimate of drug-likeness (QED) is 0.421. The topological polar surface area (TPSA) is 55.7 Å². The summed E-state index contributed by atoms with van der Waals surface area (Å²) in [5.74, 6) is 1.46. The lowest BCUT2D eigenvalue weighted by Crippen LogP contribution is -1.95. The van der Waals surface area contributed by atoms with Crippen molar-refractivity contribution in [3.63, 3.8) is 0 Å². The summed E-state index contributed by atoms with van der Waals surface area (Å²) < 4.78 is 11.0. The van der Waals surface area contributed by atoms with Gasteiger partial charge in [0.05, 0.1) is 17.4 Å². The standard InChI is InChI=1S/C22H17N3O2/c1-14-9-20(18-10-21-22(27-13-26-21)11-19(18)24-14)25-23-12-16-7-4-6-15-5-2-3-8-17(15)16/h2-12H,13H2,1H3,(H,24,25). The maximum atomic E-state index is 5.50. The number of hydrazone groups is 1. The normalized spacial score (nSPS) is 12.9. The van der Waals surface area contributed by atoms with Crippen LogP contribution in [0.3, 0.4) is 0 Å². The van der Waals surface area contributed by atoms with E-state index in [0.717, 1.165) is 39.3 Å². The molecular formula is C22H17N3O2. The highest BCUT2D eigenvalue weighted by Gasteiger charge is 2.16. The van der Waals surface area contributed by atoms with Gasteiger partial charge < -0.3 is 9.47 Å². The van der Waals surface area contributed by atoms with Crippen LogP contribution in [0.2, 0.25) is 0 Å². The van der Waals surface area contributed by atoms with E-state index in [0.29, 0.717) is 0 Å². The number of hydrogen-bond donors (Lipinski definition) is 1. The van der Waals surface area contributed by atoms with Gasteiger partial charge in [0.15, 0.2) is 11.5 Å². The maximum Gasteiger partial charge on any atom is 0.231 e. The highest BCUT2D eigenvalue weighted by Crippen LogP contribution is 2.38. The molecule has 5 heteroatoms. The van der Waals surface area contributed by atoms with Crippen molar-refractivity contribution in [2.75, 3.05) is 12.2 Å². The first-order valence-corrected chi connectivity index (χ1v) is 8.76. The molecule has 0 saturated heterocycles.